The summed E-state index contributed by atoms with van der Waals surface area (Å²) in [7, 11) is 0. The van der Waals surface area contributed by atoms with E-state index in [9.17, 15) is 13.2 Å². The van der Waals surface area contributed by atoms with E-state index in [0.29, 0.717) is 11.8 Å². The van der Waals surface area contributed by atoms with Crippen LogP contribution in [0.15, 0.2) is 6.07 Å². The van der Waals surface area contributed by atoms with Gasteiger partial charge in [0, 0.05) is 12.1 Å². The molecule has 1 N–H and O–H groups in total. The molecule has 0 spiro atoms. The highest BCUT2D eigenvalue weighted by Crippen LogP contribution is 2.34. The number of hydrogen-bond acceptors (Lipinski definition) is 3. The molecule has 1 aliphatic carbocycles. The van der Waals surface area contributed by atoms with Crippen LogP contribution in [0.3, 0.4) is 0 Å². The van der Waals surface area contributed by atoms with E-state index >= 15 is 0 Å². The maximum absolute atomic E-state index is 12.6. The molecule has 1 fully saturated rings. The predicted octanol–water partition coefficient (Wildman–Crippen LogP) is 4.00. The van der Waals surface area contributed by atoms with Crippen molar-refractivity contribution in [1.29, 1.82) is 0 Å². The Hall–Kier alpha value is -1.04. The molecule has 0 radical (unpaired) electrons. The van der Waals surface area contributed by atoms with Gasteiger partial charge in [0.1, 0.15) is 11.0 Å². The third-order valence-corrected chi connectivity index (χ3v) is 3.94. The molecule has 0 aliphatic heterocycles. The summed E-state index contributed by atoms with van der Waals surface area (Å²) in [5, 5.41) is 2.83. The molecule has 0 saturated heterocycles. The van der Waals surface area contributed by atoms with E-state index < -0.39 is 12.0 Å². The van der Waals surface area contributed by atoms with Crippen LogP contribution in [-0.4, -0.2) is 16.0 Å². The quantitative estimate of drug-likeness (QED) is 0.838. The van der Waals surface area contributed by atoms with Gasteiger partial charge in [-0.15, -0.1) is 0 Å². The first-order chi connectivity index (χ1) is 8.77. The van der Waals surface area contributed by atoms with E-state index in [-0.39, 0.29) is 17.0 Å². The minimum Gasteiger partial charge on any atom is -0.367 e. The first kappa shape index (κ1) is 14.4. The maximum atomic E-state index is 12.6. The fraction of sp³-hybridized carbons (Fsp3) is 0.667. The van der Waals surface area contributed by atoms with Crippen LogP contribution in [0.5, 0.6) is 0 Å². The lowest BCUT2D eigenvalue weighted by Crippen LogP contribution is -2.25. The Bertz CT molecular complexity index is 464. The van der Waals surface area contributed by atoms with E-state index in [1.807, 2.05) is 0 Å². The highest BCUT2D eigenvalue weighted by molar-refractivity contribution is 6.29. The van der Waals surface area contributed by atoms with Crippen molar-refractivity contribution in [3.63, 3.8) is 0 Å². The standard InChI is InChI=1S/C12H15ClF3N3/c1-6-3-4-8(7(6)2)17-10-5-9(13)18-11(19-10)12(14,15)16/h5-8H,3-4H2,1-2H3,(H,17,18,19). The van der Waals surface area contributed by atoms with E-state index in [4.69, 9.17) is 11.6 Å². The fourth-order valence-electron chi connectivity index (χ4n) is 2.38. The van der Waals surface area contributed by atoms with Gasteiger partial charge in [0.15, 0.2) is 0 Å². The molecule has 106 valence electrons. The van der Waals surface area contributed by atoms with E-state index in [0.717, 1.165) is 12.8 Å². The Morgan fingerprint density at radius 1 is 1.26 bits per heavy atom. The number of halogens is 4. The zero-order valence-electron chi connectivity index (χ0n) is 10.6. The van der Waals surface area contributed by atoms with Gasteiger partial charge in [-0.05, 0) is 24.7 Å². The van der Waals surface area contributed by atoms with Crippen LogP contribution in [0.1, 0.15) is 32.5 Å². The van der Waals surface area contributed by atoms with E-state index in [2.05, 4.69) is 29.1 Å². The minimum atomic E-state index is -4.59. The van der Waals surface area contributed by atoms with Crippen LogP contribution in [0, 0.1) is 11.8 Å². The molecule has 1 aliphatic rings. The first-order valence-corrected chi connectivity index (χ1v) is 6.53. The molecule has 1 aromatic heterocycles. The zero-order valence-corrected chi connectivity index (χ0v) is 11.4. The highest BCUT2D eigenvalue weighted by atomic mass is 35.5. The van der Waals surface area contributed by atoms with E-state index in [1.165, 1.54) is 6.07 Å². The van der Waals surface area contributed by atoms with Gasteiger partial charge in [-0.3, -0.25) is 0 Å². The molecular weight excluding hydrogens is 279 g/mol. The number of nitrogens with zero attached hydrogens (tertiary/aromatic N) is 2. The molecule has 0 bridgehead atoms. The number of nitrogens with one attached hydrogen (secondary N) is 1. The van der Waals surface area contributed by atoms with Crippen LogP contribution < -0.4 is 5.32 Å². The van der Waals surface area contributed by atoms with Crippen molar-refractivity contribution >= 4 is 17.4 Å². The van der Waals surface area contributed by atoms with Gasteiger partial charge in [0.2, 0.25) is 5.82 Å². The largest absolute Gasteiger partial charge is 0.451 e. The second-order valence-electron chi connectivity index (χ2n) is 5.06. The lowest BCUT2D eigenvalue weighted by atomic mass is 9.98. The summed E-state index contributed by atoms with van der Waals surface area (Å²) in [4.78, 5) is 6.70. The second kappa shape index (κ2) is 5.15. The maximum Gasteiger partial charge on any atom is 0.451 e. The van der Waals surface area contributed by atoms with Crippen molar-refractivity contribution in [2.45, 2.75) is 38.9 Å². The third kappa shape index (κ3) is 3.29. The molecule has 2 rings (SSSR count). The highest BCUT2D eigenvalue weighted by Gasteiger charge is 2.36. The molecule has 1 saturated carbocycles. The van der Waals surface area contributed by atoms with Crippen LogP contribution in [0.25, 0.3) is 0 Å². The fourth-order valence-corrected chi connectivity index (χ4v) is 2.56. The summed E-state index contributed by atoms with van der Waals surface area (Å²) in [6.07, 6.45) is -2.61. The van der Waals surface area contributed by atoms with Crippen LogP contribution in [0.4, 0.5) is 19.0 Å². The zero-order chi connectivity index (χ0) is 14.2. The van der Waals surface area contributed by atoms with Gasteiger partial charge in [0.05, 0.1) is 0 Å². The van der Waals surface area contributed by atoms with Crippen LogP contribution in [-0.2, 0) is 6.18 Å². The normalized spacial score (nSPS) is 27.6. The van der Waals surface area contributed by atoms with Crippen molar-refractivity contribution in [1.82, 2.24) is 9.97 Å². The Kier molecular flexibility index (Phi) is 3.90. The van der Waals surface area contributed by atoms with Crippen LogP contribution in [0.2, 0.25) is 5.15 Å². The average Bonchev–Trinajstić information content (AvgIpc) is 2.59. The molecule has 7 heteroatoms. The molecule has 0 aromatic carbocycles. The lowest BCUT2D eigenvalue weighted by Gasteiger charge is -2.20. The average molecular weight is 294 g/mol. The number of hydrogen-bond donors (Lipinski definition) is 1. The number of anilines is 1. The summed E-state index contributed by atoms with van der Waals surface area (Å²) in [6.45, 7) is 4.23. The van der Waals surface area contributed by atoms with Gasteiger partial charge in [-0.2, -0.15) is 13.2 Å². The number of aromatic nitrogens is 2. The molecule has 1 aromatic rings. The van der Waals surface area contributed by atoms with Crippen molar-refractivity contribution in [2.75, 3.05) is 5.32 Å². The Labute approximate surface area is 114 Å². The lowest BCUT2D eigenvalue weighted by molar-refractivity contribution is -0.144. The Balaban J connectivity index is 2.19. The molecule has 3 unspecified atom stereocenters. The number of rotatable bonds is 2. The van der Waals surface area contributed by atoms with Gasteiger partial charge in [-0.25, -0.2) is 9.97 Å². The second-order valence-corrected chi connectivity index (χ2v) is 5.45. The monoisotopic (exact) mass is 293 g/mol. The van der Waals surface area contributed by atoms with Gasteiger partial charge in [-0.1, -0.05) is 25.4 Å². The topological polar surface area (TPSA) is 37.8 Å². The first-order valence-electron chi connectivity index (χ1n) is 6.15. The molecule has 3 atom stereocenters. The molecule has 1 heterocycles. The van der Waals surface area contributed by atoms with Crippen molar-refractivity contribution < 1.29 is 13.2 Å². The number of alkyl halides is 3. The summed E-state index contributed by atoms with van der Waals surface area (Å²) < 4.78 is 37.8. The summed E-state index contributed by atoms with van der Waals surface area (Å²) in [5.41, 5.74) is 0. The molecule has 3 nitrogen and oxygen atoms in total. The van der Waals surface area contributed by atoms with Crippen LogP contribution >= 0.6 is 11.6 Å². The molecular formula is C12H15ClF3N3. The van der Waals surface area contributed by atoms with Gasteiger partial charge < -0.3 is 5.32 Å². The van der Waals surface area contributed by atoms with Crippen molar-refractivity contribution in [3.05, 3.63) is 17.0 Å². The van der Waals surface area contributed by atoms with Crippen molar-refractivity contribution in [3.8, 4) is 0 Å². The van der Waals surface area contributed by atoms with Gasteiger partial charge in [0.25, 0.3) is 0 Å². The smallest absolute Gasteiger partial charge is 0.367 e. The van der Waals surface area contributed by atoms with Crippen molar-refractivity contribution in [2.24, 2.45) is 11.8 Å². The summed E-state index contributed by atoms with van der Waals surface area (Å²) in [6, 6.07) is 1.45. The molecule has 0 amide bonds. The molecule has 19 heavy (non-hydrogen) atoms. The summed E-state index contributed by atoms with van der Waals surface area (Å²) >= 11 is 5.62. The van der Waals surface area contributed by atoms with E-state index in [1.54, 1.807) is 0 Å². The third-order valence-electron chi connectivity index (χ3n) is 3.75. The summed E-state index contributed by atoms with van der Waals surface area (Å²) in [5.74, 6) is -0.126. The minimum absolute atomic E-state index is 0.127. The predicted molar refractivity (Wildman–Crippen MR) is 67.0 cm³/mol. The Morgan fingerprint density at radius 3 is 2.47 bits per heavy atom. The Morgan fingerprint density at radius 2 is 1.95 bits per heavy atom. The van der Waals surface area contributed by atoms with Gasteiger partial charge >= 0.3 is 6.18 Å². The SMILES string of the molecule is CC1CCC(Nc2cc(Cl)nc(C(F)(F)F)n2)C1C.